The van der Waals surface area contributed by atoms with Gasteiger partial charge in [-0.2, -0.15) is 0 Å². The summed E-state index contributed by atoms with van der Waals surface area (Å²) in [5.74, 6) is 0.770. The molecule has 64 valence electrons. The number of hydrogen-bond donors (Lipinski definition) is 1. The molecule has 1 fully saturated rings. The lowest BCUT2D eigenvalue weighted by Crippen LogP contribution is -2.41. The van der Waals surface area contributed by atoms with Crippen LogP contribution in [0.4, 0.5) is 0 Å². The zero-order valence-electron chi connectivity index (χ0n) is 7.18. The van der Waals surface area contributed by atoms with E-state index in [9.17, 15) is 4.79 Å². The van der Waals surface area contributed by atoms with Gasteiger partial charge in [0.1, 0.15) is 5.78 Å². The second-order valence-electron chi connectivity index (χ2n) is 3.43. The molecule has 0 bridgehead atoms. The van der Waals surface area contributed by atoms with Crippen LogP contribution in [-0.2, 0) is 4.79 Å². The Bertz CT molecular complexity index is 140. The van der Waals surface area contributed by atoms with Crippen molar-refractivity contribution in [2.24, 2.45) is 11.7 Å². The summed E-state index contributed by atoms with van der Waals surface area (Å²) in [4.78, 5) is 11.3. The summed E-state index contributed by atoms with van der Waals surface area (Å²) < 4.78 is 0. The van der Waals surface area contributed by atoms with E-state index in [1.807, 2.05) is 6.92 Å². The molecule has 0 amide bonds. The van der Waals surface area contributed by atoms with Gasteiger partial charge in [-0.3, -0.25) is 4.79 Å². The van der Waals surface area contributed by atoms with Crippen molar-refractivity contribution in [3.8, 4) is 0 Å². The van der Waals surface area contributed by atoms with Crippen molar-refractivity contribution in [3.05, 3.63) is 0 Å². The minimum absolute atomic E-state index is 0.149. The Morgan fingerprint density at radius 2 is 2.27 bits per heavy atom. The molecule has 1 aliphatic rings. The smallest absolute Gasteiger partial charge is 0.149 e. The van der Waals surface area contributed by atoms with E-state index in [1.54, 1.807) is 0 Å². The fourth-order valence-electron chi connectivity index (χ4n) is 1.47. The van der Waals surface area contributed by atoms with Crippen LogP contribution in [0.1, 0.15) is 39.0 Å². The molecule has 0 aromatic carbocycles. The van der Waals surface area contributed by atoms with Gasteiger partial charge >= 0.3 is 0 Å². The van der Waals surface area contributed by atoms with Crippen molar-refractivity contribution >= 4 is 5.78 Å². The molecule has 2 N–H and O–H groups in total. The summed E-state index contributed by atoms with van der Waals surface area (Å²) in [6, 6.07) is -0.149. The number of ketones is 1. The van der Waals surface area contributed by atoms with E-state index < -0.39 is 0 Å². The van der Waals surface area contributed by atoms with Gasteiger partial charge < -0.3 is 5.73 Å². The van der Waals surface area contributed by atoms with E-state index >= 15 is 0 Å². The second kappa shape index (κ2) is 3.86. The molecule has 0 spiro atoms. The Morgan fingerprint density at radius 1 is 1.64 bits per heavy atom. The molecule has 0 saturated heterocycles. The van der Waals surface area contributed by atoms with Crippen molar-refractivity contribution in [2.45, 2.75) is 45.1 Å². The first-order valence-corrected chi connectivity index (χ1v) is 4.54. The van der Waals surface area contributed by atoms with E-state index in [0.717, 1.165) is 19.3 Å². The molecule has 0 radical (unpaired) electrons. The lowest BCUT2D eigenvalue weighted by molar-refractivity contribution is -0.122. The summed E-state index contributed by atoms with van der Waals surface area (Å²) in [7, 11) is 0. The summed E-state index contributed by atoms with van der Waals surface area (Å²) in [5.41, 5.74) is 5.76. The van der Waals surface area contributed by atoms with Crippen LogP contribution in [0.3, 0.4) is 0 Å². The third-order valence-corrected chi connectivity index (χ3v) is 2.53. The van der Waals surface area contributed by atoms with Gasteiger partial charge in [-0.05, 0) is 25.2 Å². The molecule has 1 rings (SSSR count). The van der Waals surface area contributed by atoms with Crippen molar-refractivity contribution in [1.29, 1.82) is 0 Å². The average molecular weight is 155 g/mol. The normalized spacial score (nSPS) is 20.9. The van der Waals surface area contributed by atoms with E-state index in [4.69, 9.17) is 5.73 Å². The predicted octanol–water partition coefficient (Wildman–Crippen LogP) is 1.48. The first-order valence-electron chi connectivity index (χ1n) is 4.54. The molecular formula is C9H17NO. The number of carbonyl (C=O) groups excluding carboxylic acids is 1. The largest absolute Gasteiger partial charge is 0.321 e. The highest BCUT2D eigenvalue weighted by Gasteiger charge is 2.28. The van der Waals surface area contributed by atoms with Crippen LogP contribution in [0.5, 0.6) is 0 Å². The van der Waals surface area contributed by atoms with Gasteiger partial charge in [-0.15, -0.1) is 0 Å². The Hall–Kier alpha value is -0.370. The topological polar surface area (TPSA) is 43.1 Å². The van der Waals surface area contributed by atoms with Gasteiger partial charge in [0.15, 0.2) is 0 Å². The number of Topliss-reactive ketones (excluding diaryl/α,β-unsaturated/α-hetero) is 1. The molecule has 0 aliphatic heterocycles. The number of rotatable bonds is 4. The van der Waals surface area contributed by atoms with Crippen LogP contribution in [0, 0.1) is 5.92 Å². The third kappa shape index (κ3) is 2.03. The fraction of sp³-hybridized carbons (Fsp3) is 0.889. The fourth-order valence-corrected chi connectivity index (χ4v) is 1.47. The quantitative estimate of drug-likeness (QED) is 0.668. The first kappa shape index (κ1) is 8.72. The van der Waals surface area contributed by atoms with Crippen molar-refractivity contribution in [3.63, 3.8) is 0 Å². The van der Waals surface area contributed by atoms with Crippen LogP contribution < -0.4 is 5.73 Å². The molecule has 2 nitrogen and oxygen atoms in total. The molecule has 0 aromatic rings. The van der Waals surface area contributed by atoms with Gasteiger partial charge in [0.25, 0.3) is 0 Å². The highest BCUT2D eigenvalue weighted by Crippen LogP contribution is 2.29. The van der Waals surface area contributed by atoms with Crippen LogP contribution >= 0.6 is 0 Å². The van der Waals surface area contributed by atoms with E-state index in [0.29, 0.717) is 12.3 Å². The number of carbonyl (C=O) groups is 1. The minimum Gasteiger partial charge on any atom is -0.321 e. The zero-order chi connectivity index (χ0) is 8.27. The molecule has 1 aliphatic carbocycles. The van der Waals surface area contributed by atoms with Crippen LogP contribution in [-0.4, -0.2) is 11.8 Å². The molecule has 1 atom stereocenters. The lowest BCUT2D eigenvalue weighted by atomic mass is 9.78. The molecule has 1 saturated carbocycles. The van der Waals surface area contributed by atoms with Crippen molar-refractivity contribution in [1.82, 2.24) is 0 Å². The van der Waals surface area contributed by atoms with E-state index in [-0.39, 0.29) is 11.8 Å². The van der Waals surface area contributed by atoms with E-state index in [1.165, 1.54) is 6.42 Å². The standard InChI is InChI=1S/C9H17NO/c1-2-4-8(11)9(10)7-5-3-6-7/h7,9H,2-6,10H2,1H3. The average Bonchev–Trinajstić information content (AvgIpc) is 1.84. The molecule has 0 aromatic heterocycles. The van der Waals surface area contributed by atoms with Crippen molar-refractivity contribution < 1.29 is 4.79 Å². The molecule has 11 heavy (non-hydrogen) atoms. The van der Waals surface area contributed by atoms with Gasteiger partial charge in [0.05, 0.1) is 6.04 Å². The van der Waals surface area contributed by atoms with Crippen LogP contribution in [0.15, 0.2) is 0 Å². The first-order chi connectivity index (χ1) is 5.25. The minimum atomic E-state index is -0.149. The summed E-state index contributed by atoms with van der Waals surface area (Å²) in [5, 5.41) is 0. The van der Waals surface area contributed by atoms with Gasteiger partial charge in [-0.25, -0.2) is 0 Å². The van der Waals surface area contributed by atoms with Gasteiger partial charge in [0.2, 0.25) is 0 Å². The third-order valence-electron chi connectivity index (χ3n) is 2.53. The van der Waals surface area contributed by atoms with Gasteiger partial charge in [-0.1, -0.05) is 13.3 Å². The highest BCUT2D eigenvalue weighted by atomic mass is 16.1. The zero-order valence-corrected chi connectivity index (χ0v) is 7.18. The van der Waals surface area contributed by atoms with Gasteiger partial charge in [0, 0.05) is 6.42 Å². The monoisotopic (exact) mass is 155 g/mol. The molecular weight excluding hydrogens is 138 g/mol. The molecule has 1 unspecified atom stereocenters. The summed E-state index contributed by atoms with van der Waals surface area (Å²) in [6.45, 7) is 2.02. The Labute approximate surface area is 68.2 Å². The Kier molecular flexibility index (Phi) is 3.06. The van der Waals surface area contributed by atoms with Crippen molar-refractivity contribution in [2.75, 3.05) is 0 Å². The number of nitrogens with two attached hydrogens (primary N) is 1. The summed E-state index contributed by atoms with van der Waals surface area (Å²) >= 11 is 0. The molecule has 0 heterocycles. The maximum Gasteiger partial charge on any atom is 0.149 e. The highest BCUT2D eigenvalue weighted by molar-refractivity contribution is 5.84. The summed E-state index contributed by atoms with van der Waals surface area (Å²) in [6.07, 6.45) is 5.18. The predicted molar refractivity (Wildman–Crippen MR) is 45.2 cm³/mol. The van der Waals surface area contributed by atoms with Crippen LogP contribution in [0.2, 0.25) is 0 Å². The SMILES string of the molecule is CCCC(=O)C(N)C1CCC1. The Morgan fingerprint density at radius 3 is 2.64 bits per heavy atom. The lowest BCUT2D eigenvalue weighted by Gasteiger charge is -2.30. The molecule has 2 heteroatoms. The second-order valence-corrected chi connectivity index (χ2v) is 3.43. The van der Waals surface area contributed by atoms with E-state index in [2.05, 4.69) is 0 Å². The van der Waals surface area contributed by atoms with Crippen LogP contribution in [0.25, 0.3) is 0 Å². The Balaban J connectivity index is 2.27. The maximum absolute atomic E-state index is 11.3. The number of hydrogen-bond acceptors (Lipinski definition) is 2. The maximum atomic E-state index is 11.3.